The monoisotopic (exact) mass is 691 g/mol. The summed E-state index contributed by atoms with van der Waals surface area (Å²) in [5, 5.41) is 2.01. The van der Waals surface area contributed by atoms with E-state index in [0.717, 1.165) is 15.9 Å². The molecule has 2 saturated heterocycles. The van der Waals surface area contributed by atoms with Gasteiger partial charge >= 0.3 is 6.09 Å². The summed E-state index contributed by atoms with van der Waals surface area (Å²) in [6.07, 6.45) is 0.457. The molecule has 2 aromatic heterocycles. The molecule has 13 heteroatoms. The van der Waals surface area contributed by atoms with Crippen LogP contribution in [0.5, 0.6) is 0 Å². The fraction of sp³-hybridized carbons (Fsp3) is 0.324. The van der Waals surface area contributed by atoms with Crippen molar-refractivity contribution in [3.63, 3.8) is 0 Å². The maximum atomic E-state index is 13.7. The number of rotatable bonds is 10. The van der Waals surface area contributed by atoms with E-state index < -0.39 is 44.4 Å². The summed E-state index contributed by atoms with van der Waals surface area (Å²) in [5.41, 5.74) is 0.931. The van der Waals surface area contributed by atoms with Crippen molar-refractivity contribution in [3.8, 4) is 0 Å². The molecule has 0 aliphatic carbocycles. The molecule has 3 aromatic carbocycles. The SMILES string of the molecule is CN(C)C=Nc1nc2c(ncn2[C@@H]2O[C@H](CO[Si](c3ccccc3)(c3ccccc3)C(C)(C)C)[C@@H]3[C@H]2OC(=O)N3Cc2ccccc2)c(=O)[nH]1. The molecule has 2 fully saturated rings. The Morgan fingerprint density at radius 3 is 2.18 bits per heavy atom. The molecule has 4 atom stereocenters. The number of carbonyl (C=O) groups excluding carboxylic acids is 1. The molecule has 258 valence electrons. The summed E-state index contributed by atoms with van der Waals surface area (Å²) < 4.78 is 22.0. The van der Waals surface area contributed by atoms with Gasteiger partial charge in [-0.2, -0.15) is 4.98 Å². The van der Waals surface area contributed by atoms with Crippen molar-refractivity contribution in [2.45, 2.75) is 56.8 Å². The highest BCUT2D eigenvalue weighted by Gasteiger charge is 2.59. The van der Waals surface area contributed by atoms with Gasteiger partial charge in [0, 0.05) is 20.6 Å². The molecule has 12 nitrogen and oxygen atoms in total. The van der Waals surface area contributed by atoms with Gasteiger partial charge in [-0.3, -0.25) is 19.2 Å². The topological polar surface area (TPSA) is 127 Å². The van der Waals surface area contributed by atoms with Crippen molar-refractivity contribution in [2.24, 2.45) is 4.99 Å². The van der Waals surface area contributed by atoms with E-state index in [1.165, 1.54) is 6.33 Å². The van der Waals surface area contributed by atoms with Crippen LogP contribution in [0.2, 0.25) is 5.04 Å². The van der Waals surface area contributed by atoms with Crippen LogP contribution in [0.25, 0.3) is 11.2 Å². The quantitative estimate of drug-likeness (QED) is 0.131. The zero-order valence-corrected chi connectivity index (χ0v) is 29.8. The lowest BCUT2D eigenvalue weighted by molar-refractivity contribution is -0.0588. The molecule has 0 bridgehead atoms. The Hall–Kier alpha value is -5.11. The second-order valence-corrected chi connectivity index (χ2v) is 18.2. The highest BCUT2D eigenvalue weighted by molar-refractivity contribution is 6.99. The Balaban J connectivity index is 1.30. The number of H-pyrrole nitrogens is 1. The van der Waals surface area contributed by atoms with E-state index in [1.54, 1.807) is 20.7 Å². The van der Waals surface area contributed by atoms with Crippen LogP contribution in [0.1, 0.15) is 32.6 Å². The van der Waals surface area contributed by atoms with Crippen molar-refractivity contribution < 1.29 is 18.7 Å². The van der Waals surface area contributed by atoms with Crippen LogP contribution >= 0.6 is 0 Å². The standard InChI is InChI=1S/C37H41N7O5Si/c1-37(2,3)50(26-17-11-7-12-18-26,27-19-13-8-14-20-27)47-22-28-30-31(49-36(46)43(30)21-25-15-9-6-10-16-25)34(48-28)44-24-38-29-32(44)40-35(41-33(29)45)39-23-42(4)5/h6-20,23-24,28,30-31,34H,21-22H2,1-5H3,(H,40,41,45)/t28-,30-,31-,34-/m1/s1. The minimum atomic E-state index is -2.96. The maximum absolute atomic E-state index is 13.7. The number of aliphatic imine (C=N–C) groups is 1. The van der Waals surface area contributed by atoms with Crippen LogP contribution in [0, 0.1) is 0 Å². The Kier molecular flexibility index (Phi) is 8.89. The Morgan fingerprint density at radius 1 is 0.960 bits per heavy atom. The Labute approximate surface area is 291 Å². The van der Waals surface area contributed by atoms with Crippen LogP contribution in [0.15, 0.2) is 107 Å². The number of hydrogen-bond donors (Lipinski definition) is 1. The minimum absolute atomic E-state index is 0.119. The largest absolute Gasteiger partial charge is 0.439 e. The highest BCUT2D eigenvalue weighted by atomic mass is 28.4. The Morgan fingerprint density at radius 2 is 1.58 bits per heavy atom. The van der Waals surface area contributed by atoms with Crippen LogP contribution < -0.4 is 15.9 Å². The van der Waals surface area contributed by atoms with Gasteiger partial charge in [-0.1, -0.05) is 112 Å². The number of hydrogen-bond acceptors (Lipinski definition) is 8. The average Bonchev–Trinajstić information content (AvgIpc) is 3.78. The van der Waals surface area contributed by atoms with E-state index in [-0.39, 0.29) is 28.8 Å². The number of fused-ring (bicyclic) bond motifs is 2. The maximum Gasteiger partial charge on any atom is 0.411 e. The van der Waals surface area contributed by atoms with Gasteiger partial charge in [0.1, 0.15) is 12.1 Å². The molecule has 2 aliphatic rings. The van der Waals surface area contributed by atoms with Crippen LogP contribution in [-0.2, 0) is 20.4 Å². The number of imidazole rings is 1. The number of benzene rings is 3. The molecule has 4 heterocycles. The molecule has 0 spiro atoms. The number of ether oxygens (including phenoxy) is 2. The lowest BCUT2D eigenvalue weighted by Crippen LogP contribution is -2.67. The van der Waals surface area contributed by atoms with Gasteiger partial charge in [0.2, 0.25) is 5.95 Å². The average molecular weight is 692 g/mol. The smallest absolute Gasteiger partial charge is 0.411 e. The number of carbonyl (C=O) groups is 1. The molecule has 0 saturated carbocycles. The number of nitrogens with zero attached hydrogens (tertiary/aromatic N) is 6. The third-order valence-corrected chi connectivity index (χ3v) is 14.3. The molecule has 5 aromatic rings. The molecular formula is C37H41N7O5Si. The van der Waals surface area contributed by atoms with Gasteiger partial charge in [0.05, 0.1) is 19.3 Å². The number of nitrogens with one attached hydrogen (secondary N) is 1. The zero-order chi connectivity index (χ0) is 35.0. The van der Waals surface area contributed by atoms with Gasteiger partial charge in [-0.05, 0) is 21.0 Å². The lowest BCUT2D eigenvalue weighted by atomic mass is 10.1. The van der Waals surface area contributed by atoms with Crippen molar-refractivity contribution in [1.82, 2.24) is 29.3 Å². The molecule has 1 N–H and O–H groups in total. The molecule has 50 heavy (non-hydrogen) atoms. The molecular weight excluding hydrogens is 651 g/mol. The zero-order valence-electron chi connectivity index (χ0n) is 28.8. The van der Waals surface area contributed by atoms with Crippen molar-refractivity contribution in [3.05, 3.63) is 113 Å². The fourth-order valence-electron chi connectivity index (χ4n) is 7.14. The van der Waals surface area contributed by atoms with E-state index in [0.29, 0.717) is 6.54 Å². The van der Waals surface area contributed by atoms with Gasteiger partial charge in [-0.25, -0.2) is 14.8 Å². The summed E-state index contributed by atoms with van der Waals surface area (Å²) in [6, 6.07) is 30.1. The van der Waals surface area contributed by atoms with Crippen LogP contribution in [0.3, 0.4) is 0 Å². The molecule has 2 aliphatic heterocycles. The van der Waals surface area contributed by atoms with Crippen molar-refractivity contribution in [1.29, 1.82) is 0 Å². The van der Waals surface area contributed by atoms with Gasteiger partial charge in [0.15, 0.2) is 23.5 Å². The summed E-state index contributed by atoms with van der Waals surface area (Å²) in [5.74, 6) is 0.119. The predicted molar refractivity (Wildman–Crippen MR) is 194 cm³/mol. The predicted octanol–water partition coefficient (Wildman–Crippen LogP) is 4.20. The number of aromatic amines is 1. The third-order valence-electron chi connectivity index (χ3n) is 9.33. The number of aromatic nitrogens is 4. The summed E-state index contributed by atoms with van der Waals surface area (Å²) >= 11 is 0. The molecule has 0 radical (unpaired) electrons. The van der Waals surface area contributed by atoms with Gasteiger partial charge < -0.3 is 18.8 Å². The lowest BCUT2D eigenvalue weighted by Gasteiger charge is -2.43. The normalized spacial score (nSPS) is 20.8. The van der Waals surface area contributed by atoms with E-state index in [4.69, 9.17) is 13.9 Å². The van der Waals surface area contributed by atoms with Crippen LogP contribution in [-0.4, -0.2) is 89.0 Å². The first kappa shape index (κ1) is 33.4. The summed E-state index contributed by atoms with van der Waals surface area (Å²) in [7, 11) is 0.682. The van der Waals surface area contributed by atoms with Crippen molar-refractivity contribution in [2.75, 3.05) is 20.7 Å². The first-order valence-electron chi connectivity index (χ1n) is 16.7. The second-order valence-electron chi connectivity index (χ2n) is 13.9. The highest BCUT2D eigenvalue weighted by Crippen LogP contribution is 2.43. The van der Waals surface area contributed by atoms with Crippen molar-refractivity contribution >= 4 is 48.2 Å². The first-order valence-corrected chi connectivity index (χ1v) is 18.6. The first-order chi connectivity index (χ1) is 24.1. The minimum Gasteiger partial charge on any atom is -0.439 e. The molecule has 7 rings (SSSR count). The van der Waals surface area contributed by atoms with E-state index in [9.17, 15) is 9.59 Å². The van der Waals surface area contributed by atoms with E-state index in [1.807, 2.05) is 80.8 Å². The summed E-state index contributed by atoms with van der Waals surface area (Å²) in [4.78, 5) is 46.1. The Bertz CT molecular complexity index is 2010. The molecule has 1 amide bonds. The second kappa shape index (κ2) is 13.3. The molecule has 0 unspecified atom stereocenters. The van der Waals surface area contributed by atoms with Crippen LogP contribution in [0.4, 0.5) is 10.7 Å². The number of amides is 1. The van der Waals surface area contributed by atoms with Gasteiger partial charge in [-0.15, -0.1) is 0 Å². The summed E-state index contributed by atoms with van der Waals surface area (Å²) in [6.45, 7) is 7.19. The van der Waals surface area contributed by atoms with E-state index in [2.05, 4.69) is 65.0 Å². The van der Waals surface area contributed by atoms with Gasteiger partial charge in [0.25, 0.3) is 13.9 Å². The van der Waals surface area contributed by atoms with E-state index >= 15 is 0 Å². The third kappa shape index (κ3) is 6.01. The fourth-order valence-corrected chi connectivity index (χ4v) is 11.7.